The highest BCUT2D eigenvalue weighted by Gasteiger charge is 2.15. The Morgan fingerprint density at radius 1 is 1.09 bits per heavy atom. The molecule has 0 saturated carbocycles. The van der Waals surface area contributed by atoms with Gasteiger partial charge < -0.3 is 14.3 Å². The lowest BCUT2D eigenvalue weighted by Crippen LogP contribution is -2.01. The lowest BCUT2D eigenvalue weighted by atomic mass is 10.1. The van der Waals surface area contributed by atoms with Crippen molar-refractivity contribution < 1.29 is 19.1 Å². The van der Waals surface area contributed by atoms with Gasteiger partial charge in [0, 0.05) is 17.3 Å². The van der Waals surface area contributed by atoms with E-state index in [9.17, 15) is 9.90 Å². The van der Waals surface area contributed by atoms with Crippen LogP contribution in [0.25, 0.3) is 22.0 Å². The molecule has 3 aromatic heterocycles. The van der Waals surface area contributed by atoms with Crippen molar-refractivity contribution in [2.24, 2.45) is 0 Å². The summed E-state index contributed by atoms with van der Waals surface area (Å²) in [5.74, 6) is 1.17. The standard InChI is InChI=1S/C27H23N3O4S/c1-18-23(28-27(34-18)20-6-3-2-4-7-20)17-33-22-11-9-19(10-12-22)15-30-16-21(14-25(31)32)26(29-30)24-8-5-13-35-24/h2-13,16H,14-15,17H2,1H3,(H,31,32). The summed E-state index contributed by atoms with van der Waals surface area (Å²) in [6, 6.07) is 21.4. The van der Waals surface area contributed by atoms with Crippen molar-refractivity contribution in [1.82, 2.24) is 14.8 Å². The van der Waals surface area contributed by atoms with Crippen molar-refractivity contribution in [3.05, 3.63) is 101 Å². The third kappa shape index (κ3) is 5.33. The van der Waals surface area contributed by atoms with E-state index < -0.39 is 5.97 Å². The van der Waals surface area contributed by atoms with E-state index >= 15 is 0 Å². The molecule has 1 N–H and O–H groups in total. The molecular weight excluding hydrogens is 462 g/mol. The number of carboxylic acids is 1. The summed E-state index contributed by atoms with van der Waals surface area (Å²) in [5.41, 5.74) is 4.15. The van der Waals surface area contributed by atoms with Crippen LogP contribution in [0.3, 0.4) is 0 Å². The number of oxazole rings is 1. The average Bonchev–Trinajstić information content (AvgIpc) is 3.60. The summed E-state index contributed by atoms with van der Waals surface area (Å²) in [5, 5.41) is 15.9. The first kappa shape index (κ1) is 22.6. The minimum absolute atomic E-state index is 0.0620. The lowest BCUT2D eigenvalue weighted by Gasteiger charge is -2.06. The minimum Gasteiger partial charge on any atom is -0.487 e. The molecule has 2 aromatic carbocycles. The van der Waals surface area contributed by atoms with E-state index in [0.717, 1.165) is 38.9 Å². The second kappa shape index (κ2) is 9.99. The van der Waals surface area contributed by atoms with E-state index in [4.69, 9.17) is 9.15 Å². The number of thiophene rings is 1. The molecule has 5 aromatic rings. The molecule has 0 aliphatic rings. The van der Waals surface area contributed by atoms with Crippen LogP contribution in [0.2, 0.25) is 0 Å². The molecular formula is C27H23N3O4S. The number of nitrogens with zero attached hydrogens (tertiary/aromatic N) is 3. The summed E-state index contributed by atoms with van der Waals surface area (Å²) in [4.78, 5) is 16.8. The number of aryl methyl sites for hydroxylation is 1. The first-order valence-electron chi connectivity index (χ1n) is 11.1. The predicted molar refractivity (Wildman–Crippen MR) is 133 cm³/mol. The van der Waals surface area contributed by atoms with Gasteiger partial charge in [-0.15, -0.1) is 11.3 Å². The van der Waals surface area contributed by atoms with Crippen LogP contribution in [0.1, 0.15) is 22.6 Å². The molecule has 7 nitrogen and oxygen atoms in total. The number of hydrogen-bond donors (Lipinski definition) is 1. The van der Waals surface area contributed by atoms with Crippen LogP contribution in [-0.2, 0) is 24.4 Å². The lowest BCUT2D eigenvalue weighted by molar-refractivity contribution is -0.136. The topological polar surface area (TPSA) is 90.4 Å². The Kier molecular flexibility index (Phi) is 6.45. The van der Waals surface area contributed by atoms with E-state index in [1.807, 2.05) is 85.2 Å². The van der Waals surface area contributed by atoms with Crippen molar-refractivity contribution in [2.75, 3.05) is 0 Å². The average molecular weight is 486 g/mol. The maximum Gasteiger partial charge on any atom is 0.307 e. The molecule has 5 rings (SSSR count). The molecule has 0 atom stereocenters. The largest absolute Gasteiger partial charge is 0.487 e. The molecule has 0 bridgehead atoms. The van der Waals surface area contributed by atoms with Gasteiger partial charge in [-0.05, 0) is 48.2 Å². The van der Waals surface area contributed by atoms with E-state index in [1.54, 1.807) is 16.0 Å². The highest BCUT2D eigenvalue weighted by molar-refractivity contribution is 7.13. The maximum absolute atomic E-state index is 11.3. The van der Waals surface area contributed by atoms with Gasteiger partial charge in [0.2, 0.25) is 5.89 Å². The van der Waals surface area contributed by atoms with Gasteiger partial charge in [0.15, 0.2) is 0 Å². The molecule has 0 saturated heterocycles. The Hall–Kier alpha value is -4.17. The maximum atomic E-state index is 11.3. The van der Waals surface area contributed by atoms with Crippen LogP contribution in [0.4, 0.5) is 0 Å². The number of aliphatic carboxylic acids is 1. The highest BCUT2D eigenvalue weighted by atomic mass is 32.1. The number of ether oxygens (including phenoxy) is 1. The fraction of sp³-hybridized carbons (Fsp3) is 0.148. The number of rotatable bonds is 9. The Bertz CT molecular complexity index is 1420. The van der Waals surface area contributed by atoms with Crippen LogP contribution >= 0.6 is 11.3 Å². The van der Waals surface area contributed by atoms with Crippen molar-refractivity contribution in [3.63, 3.8) is 0 Å². The van der Waals surface area contributed by atoms with E-state index in [-0.39, 0.29) is 6.42 Å². The van der Waals surface area contributed by atoms with Crippen LogP contribution in [0.15, 0.2) is 82.7 Å². The molecule has 0 amide bonds. The number of carboxylic acid groups (broad SMARTS) is 1. The van der Waals surface area contributed by atoms with Crippen molar-refractivity contribution in [2.45, 2.75) is 26.5 Å². The van der Waals surface area contributed by atoms with Gasteiger partial charge in [-0.3, -0.25) is 9.48 Å². The van der Waals surface area contributed by atoms with Crippen molar-refractivity contribution >= 4 is 17.3 Å². The predicted octanol–water partition coefficient (Wildman–Crippen LogP) is 5.83. The Balaban J connectivity index is 1.25. The summed E-state index contributed by atoms with van der Waals surface area (Å²) >= 11 is 1.55. The van der Waals surface area contributed by atoms with Crippen LogP contribution in [0, 0.1) is 6.92 Å². The summed E-state index contributed by atoms with van der Waals surface area (Å²) < 4.78 is 13.5. The zero-order chi connectivity index (χ0) is 24.2. The van der Waals surface area contributed by atoms with E-state index in [2.05, 4.69) is 10.1 Å². The molecule has 3 heterocycles. The summed E-state index contributed by atoms with van der Waals surface area (Å²) in [6.07, 6.45) is 1.75. The first-order valence-corrected chi connectivity index (χ1v) is 12.0. The van der Waals surface area contributed by atoms with Crippen LogP contribution in [0.5, 0.6) is 5.75 Å². The van der Waals surface area contributed by atoms with Gasteiger partial charge in [-0.1, -0.05) is 36.4 Å². The van der Waals surface area contributed by atoms with Crippen LogP contribution in [-0.4, -0.2) is 25.8 Å². The zero-order valence-electron chi connectivity index (χ0n) is 19.0. The van der Waals surface area contributed by atoms with Gasteiger partial charge in [0.05, 0.1) is 17.8 Å². The second-order valence-corrected chi connectivity index (χ2v) is 9.02. The Morgan fingerprint density at radius 3 is 2.60 bits per heavy atom. The van der Waals surface area contributed by atoms with Gasteiger partial charge in [0.1, 0.15) is 29.5 Å². The molecule has 0 radical (unpaired) electrons. The molecule has 35 heavy (non-hydrogen) atoms. The quantitative estimate of drug-likeness (QED) is 0.283. The Morgan fingerprint density at radius 2 is 1.89 bits per heavy atom. The van der Waals surface area contributed by atoms with E-state index in [1.165, 1.54) is 0 Å². The summed E-state index contributed by atoms with van der Waals surface area (Å²) in [7, 11) is 0. The fourth-order valence-electron chi connectivity index (χ4n) is 3.75. The molecule has 0 fully saturated rings. The van der Waals surface area contributed by atoms with Crippen molar-refractivity contribution in [1.29, 1.82) is 0 Å². The molecule has 176 valence electrons. The number of aromatic nitrogens is 3. The van der Waals surface area contributed by atoms with Gasteiger partial charge in [-0.25, -0.2) is 4.98 Å². The minimum atomic E-state index is -0.873. The van der Waals surface area contributed by atoms with Crippen molar-refractivity contribution in [3.8, 4) is 27.8 Å². The third-order valence-corrected chi connectivity index (χ3v) is 6.37. The molecule has 0 aliphatic carbocycles. The highest BCUT2D eigenvalue weighted by Crippen LogP contribution is 2.28. The first-order chi connectivity index (χ1) is 17.0. The Labute approximate surface area is 206 Å². The van der Waals surface area contributed by atoms with E-state index in [0.29, 0.717) is 24.6 Å². The SMILES string of the molecule is Cc1oc(-c2ccccc2)nc1COc1ccc(Cn2cc(CC(=O)O)c(-c3cccs3)n2)cc1. The monoisotopic (exact) mass is 485 g/mol. The number of carbonyl (C=O) groups is 1. The molecule has 0 aliphatic heterocycles. The molecule has 0 unspecified atom stereocenters. The molecule has 0 spiro atoms. The van der Waals surface area contributed by atoms with Crippen LogP contribution < -0.4 is 4.74 Å². The second-order valence-electron chi connectivity index (χ2n) is 8.07. The number of hydrogen-bond acceptors (Lipinski definition) is 6. The summed E-state index contributed by atoms with van der Waals surface area (Å²) in [6.45, 7) is 2.72. The fourth-order valence-corrected chi connectivity index (χ4v) is 4.50. The normalized spacial score (nSPS) is 11.0. The van der Waals surface area contributed by atoms with Gasteiger partial charge >= 0.3 is 5.97 Å². The van der Waals surface area contributed by atoms with Gasteiger partial charge in [0.25, 0.3) is 0 Å². The van der Waals surface area contributed by atoms with Gasteiger partial charge in [-0.2, -0.15) is 5.10 Å². The molecule has 8 heteroatoms. The smallest absolute Gasteiger partial charge is 0.307 e. The number of benzene rings is 2. The third-order valence-electron chi connectivity index (χ3n) is 5.49. The zero-order valence-corrected chi connectivity index (χ0v) is 19.9.